The summed E-state index contributed by atoms with van der Waals surface area (Å²) in [5.41, 5.74) is 3.08. The highest BCUT2D eigenvalue weighted by Crippen LogP contribution is 2.22. The third-order valence-electron chi connectivity index (χ3n) is 4.89. The van der Waals surface area contributed by atoms with Gasteiger partial charge in [0.25, 0.3) is 5.91 Å². The molecule has 4 rings (SSSR count). The summed E-state index contributed by atoms with van der Waals surface area (Å²) in [4.78, 5) is 18.9. The maximum atomic E-state index is 12.8. The summed E-state index contributed by atoms with van der Waals surface area (Å²) in [5, 5.41) is 4.35. The number of carbonyl (C=O) groups excluding carboxylic acids is 1. The lowest BCUT2D eigenvalue weighted by Gasteiger charge is -2.15. The van der Waals surface area contributed by atoms with Crippen LogP contribution in [-0.2, 0) is 13.0 Å². The third-order valence-corrected chi connectivity index (χ3v) is 4.89. The molecule has 0 bridgehead atoms. The SMILES string of the molecule is O=C(c1cnn(Cc2ccccc2)c1)N1CCC(Cc2cccnc2)C1. The van der Waals surface area contributed by atoms with Gasteiger partial charge in [-0.2, -0.15) is 5.10 Å². The molecule has 1 aliphatic rings. The van der Waals surface area contributed by atoms with E-state index in [9.17, 15) is 4.79 Å². The fourth-order valence-corrected chi connectivity index (χ4v) is 3.55. The van der Waals surface area contributed by atoms with Crippen LogP contribution in [0.25, 0.3) is 0 Å². The molecular weight excluding hydrogens is 324 g/mol. The van der Waals surface area contributed by atoms with Crippen LogP contribution in [0.2, 0.25) is 0 Å². The zero-order valence-electron chi connectivity index (χ0n) is 14.7. The highest BCUT2D eigenvalue weighted by molar-refractivity contribution is 5.93. The van der Waals surface area contributed by atoms with E-state index < -0.39 is 0 Å². The van der Waals surface area contributed by atoms with E-state index in [-0.39, 0.29) is 5.91 Å². The summed E-state index contributed by atoms with van der Waals surface area (Å²) in [5.74, 6) is 0.584. The monoisotopic (exact) mass is 346 g/mol. The van der Waals surface area contributed by atoms with E-state index >= 15 is 0 Å². The molecular formula is C21H22N4O. The Bertz CT molecular complexity index is 860. The minimum atomic E-state index is 0.0815. The van der Waals surface area contributed by atoms with E-state index in [2.05, 4.69) is 28.3 Å². The summed E-state index contributed by atoms with van der Waals surface area (Å²) in [6, 6.07) is 14.2. The van der Waals surface area contributed by atoms with Crippen molar-refractivity contribution in [2.24, 2.45) is 5.92 Å². The summed E-state index contributed by atoms with van der Waals surface area (Å²) < 4.78 is 1.83. The molecule has 5 heteroatoms. The van der Waals surface area contributed by atoms with Crippen molar-refractivity contribution >= 4 is 5.91 Å². The van der Waals surface area contributed by atoms with Crippen LogP contribution in [0.1, 0.15) is 27.9 Å². The number of aromatic nitrogens is 3. The number of benzene rings is 1. The smallest absolute Gasteiger partial charge is 0.257 e. The van der Waals surface area contributed by atoms with Crippen LogP contribution in [0.15, 0.2) is 67.3 Å². The van der Waals surface area contributed by atoms with Gasteiger partial charge in [0.1, 0.15) is 0 Å². The summed E-state index contributed by atoms with van der Waals surface area (Å²) >= 11 is 0. The lowest BCUT2D eigenvalue weighted by molar-refractivity contribution is 0.0787. The molecule has 3 heterocycles. The van der Waals surface area contributed by atoms with E-state index in [1.165, 1.54) is 11.1 Å². The quantitative estimate of drug-likeness (QED) is 0.713. The predicted molar refractivity (Wildman–Crippen MR) is 99.7 cm³/mol. The standard InChI is InChI=1S/C21H22N4O/c26-21(20-13-23-25(16-20)15-17-5-2-1-3-6-17)24-10-8-19(14-24)11-18-7-4-9-22-12-18/h1-7,9,12-13,16,19H,8,10-11,14-15H2. The van der Waals surface area contributed by atoms with Crippen molar-refractivity contribution in [3.8, 4) is 0 Å². The average molecular weight is 346 g/mol. The number of carbonyl (C=O) groups is 1. The number of hydrogen-bond acceptors (Lipinski definition) is 3. The van der Waals surface area contributed by atoms with Crippen molar-refractivity contribution in [2.45, 2.75) is 19.4 Å². The number of nitrogens with zero attached hydrogens (tertiary/aromatic N) is 4. The first-order valence-electron chi connectivity index (χ1n) is 9.02. The van der Waals surface area contributed by atoms with E-state index in [0.717, 1.165) is 25.9 Å². The van der Waals surface area contributed by atoms with E-state index in [1.807, 2.05) is 46.2 Å². The number of rotatable bonds is 5. The molecule has 0 radical (unpaired) electrons. The van der Waals surface area contributed by atoms with Crippen molar-refractivity contribution in [3.63, 3.8) is 0 Å². The van der Waals surface area contributed by atoms with Crippen LogP contribution in [-0.4, -0.2) is 38.7 Å². The van der Waals surface area contributed by atoms with Gasteiger partial charge in [0, 0.05) is 31.7 Å². The first kappa shape index (κ1) is 16.5. The fraction of sp³-hybridized carbons (Fsp3) is 0.286. The Labute approximate surface area is 153 Å². The van der Waals surface area contributed by atoms with E-state index in [4.69, 9.17) is 0 Å². The maximum absolute atomic E-state index is 12.8. The first-order valence-corrected chi connectivity index (χ1v) is 9.02. The Morgan fingerprint density at radius 2 is 1.92 bits per heavy atom. The topological polar surface area (TPSA) is 51.0 Å². The van der Waals surface area contributed by atoms with Gasteiger partial charge in [-0.3, -0.25) is 14.5 Å². The second-order valence-corrected chi connectivity index (χ2v) is 6.88. The number of amides is 1. The molecule has 1 fully saturated rings. The van der Waals surface area contributed by atoms with Gasteiger partial charge in [-0.05, 0) is 36.0 Å². The molecule has 1 atom stereocenters. The van der Waals surface area contributed by atoms with Gasteiger partial charge in [0.15, 0.2) is 0 Å². The zero-order chi connectivity index (χ0) is 17.8. The number of likely N-dealkylation sites (tertiary alicyclic amines) is 1. The summed E-state index contributed by atoms with van der Waals surface area (Å²) in [7, 11) is 0. The molecule has 1 amide bonds. The van der Waals surface area contributed by atoms with Crippen LogP contribution in [0.3, 0.4) is 0 Å². The van der Waals surface area contributed by atoms with Crippen molar-refractivity contribution in [1.29, 1.82) is 0 Å². The zero-order valence-corrected chi connectivity index (χ0v) is 14.7. The van der Waals surface area contributed by atoms with Gasteiger partial charge >= 0.3 is 0 Å². The molecule has 1 aromatic carbocycles. The molecule has 26 heavy (non-hydrogen) atoms. The van der Waals surface area contributed by atoms with Crippen molar-refractivity contribution in [3.05, 3.63) is 83.9 Å². The maximum Gasteiger partial charge on any atom is 0.257 e. The van der Waals surface area contributed by atoms with Crippen molar-refractivity contribution < 1.29 is 4.79 Å². The normalized spacial score (nSPS) is 16.8. The van der Waals surface area contributed by atoms with Gasteiger partial charge < -0.3 is 4.90 Å². The molecule has 5 nitrogen and oxygen atoms in total. The van der Waals surface area contributed by atoms with Crippen LogP contribution >= 0.6 is 0 Å². The third kappa shape index (κ3) is 3.82. The minimum Gasteiger partial charge on any atom is -0.338 e. The fourth-order valence-electron chi connectivity index (χ4n) is 3.55. The highest BCUT2D eigenvalue weighted by atomic mass is 16.2. The number of hydrogen-bond donors (Lipinski definition) is 0. The van der Waals surface area contributed by atoms with Gasteiger partial charge in [0.05, 0.1) is 18.3 Å². The molecule has 0 N–H and O–H groups in total. The molecule has 0 spiro atoms. The average Bonchev–Trinajstić information content (AvgIpc) is 3.33. The second kappa shape index (κ2) is 7.52. The molecule has 0 aliphatic carbocycles. The molecule has 3 aromatic rings. The van der Waals surface area contributed by atoms with Crippen molar-refractivity contribution in [2.75, 3.05) is 13.1 Å². The first-order chi connectivity index (χ1) is 12.8. The molecule has 2 aromatic heterocycles. The lowest BCUT2D eigenvalue weighted by atomic mass is 10.0. The van der Waals surface area contributed by atoms with Crippen LogP contribution in [0.4, 0.5) is 0 Å². The van der Waals surface area contributed by atoms with Gasteiger partial charge in [-0.15, -0.1) is 0 Å². The lowest BCUT2D eigenvalue weighted by Crippen LogP contribution is -2.28. The Kier molecular flexibility index (Phi) is 4.78. The van der Waals surface area contributed by atoms with E-state index in [0.29, 0.717) is 18.0 Å². The Balaban J connectivity index is 1.36. The molecule has 132 valence electrons. The van der Waals surface area contributed by atoms with Gasteiger partial charge in [-0.25, -0.2) is 0 Å². The van der Waals surface area contributed by atoms with Gasteiger partial charge in [0.2, 0.25) is 0 Å². The van der Waals surface area contributed by atoms with Crippen LogP contribution in [0.5, 0.6) is 0 Å². The second-order valence-electron chi connectivity index (χ2n) is 6.88. The van der Waals surface area contributed by atoms with Crippen LogP contribution < -0.4 is 0 Å². The van der Waals surface area contributed by atoms with Crippen LogP contribution in [0, 0.1) is 5.92 Å². The molecule has 1 aliphatic heterocycles. The Morgan fingerprint density at radius 1 is 1.08 bits per heavy atom. The van der Waals surface area contributed by atoms with Crippen molar-refractivity contribution in [1.82, 2.24) is 19.7 Å². The molecule has 0 saturated carbocycles. The van der Waals surface area contributed by atoms with Gasteiger partial charge in [-0.1, -0.05) is 36.4 Å². The number of pyridine rings is 1. The summed E-state index contributed by atoms with van der Waals surface area (Å²) in [6.45, 7) is 2.29. The predicted octanol–water partition coefficient (Wildman–Crippen LogP) is 3.03. The largest absolute Gasteiger partial charge is 0.338 e. The van der Waals surface area contributed by atoms with E-state index in [1.54, 1.807) is 12.4 Å². The molecule has 1 saturated heterocycles. The highest BCUT2D eigenvalue weighted by Gasteiger charge is 2.27. The summed E-state index contributed by atoms with van der Waals surface area (Å²) in [6.07, 6.45) is 9.26. The minimum absolute atomic E-state index is 0.0815. The Hall–Kier alpha value is -2.95. The Morgan fingerprint density at radius 3 is 2.73 bits per heavy atom. The molecule has 1 unspecified atom stereocenters.